The van der Waals surface area contributed by atoms with Crippen LogP contribution in [0.2, 0.25) is 5.02 Å². The fourth-order valence-corrected chi connectivity index (χ4v) is 5.45. The Labute approximate surface area is 282 Å². The highest BCUT2D eigenvalue weighted by Crippen LogP contribution is 2.22. The zero-order valence-electron chi connectivity index (χ0n) is 26.2. The molecule has 248 valence electrons. The Morgan fingerprint density at radius 1 is 1.02 bits per heavy atom. The molecule has 0 spiro atoms. The largest absolute Gasteiger partial charge is 0.466 e. The quantitative estimate of drug-likeness (QED) is 0.155. The number of hydrogen-bond donors (Lipinski definition) is 3. The maximum atomic E-state index is 13.5. The zero-order valence-corrected chi connectivity index (χ0v) is 27.0. The maximum absolute atomic E-state index is 13.5. The number of rotatable bonds is 11. The SMILES string of the molecule is CCOC(=O)C1CCCN(C(=O)Nc2ccc(NC(=O)[C@H](Cc3ccccc3)NC(=O)/C=C/c3cc(Cl)ccc3-n3cnnn3)cc2)C1. The van der Waals surface area contributed by atoms with Crippen molar-refractivity contribution in [3.63, 3.8) is 0 Å². The van der Waals surface area contributed by atoms with Gasteiger partial charge in [0, 0.05) is 47.5 Å². The summed E-state index contributed by atoms with van der Waals surface area (Å²) >= 11 is 6.20. The number of hydrogen-bond acceptors (Lipinski definition) is 8. The fourth-order valence-electron chi connectivity index (χ4n) is 5.27. The van der Waals surface area contributed by atoms with Crippen LogP contribution in [0.1, 0.15) is 30.9 Å². The van der Waals surface area contributed by atoms with Crippen LogP contribution in [0.25, 0.3) is 11.8 Å². The van der Waals surface area contributed by atoms with Crippen LogP contribution in [0, 0.1) is 5.92 Å². The van der Waals surface area contributed by atoms with Crippen LogP contribution in [0.15, 0.2) is 85.2 Å². The summed E-state index contributed by atoms with van der Waals surface area (Å²) in [7, 11) is 0. The average Bonchev–Trinajstić information content (AvgIpc) is 3.63. The van der Waals surface area contributed by atoms with E-state index in [9.17, 15) is 19.2 Å². The summed E-state index contributed by atoms with van der Waals surface area (Å²) in [6.45, 7) is 2.89. The van der Waals surface area contributed by atoms with Gasteiger partial charge in [0.05, 0.1) is 18.2 Å². The standard InChI is InChI=1S/C34H35ClN8O5/c1-2-48-33(46)25-9-6-18-42(21-25)34(47)38-28-14-12-27(13-15-28)37-32(45)29(19-23-7-4-3-5-8-23)39-31(44)17-10-24-20-26(35)11-16-30(24)43-22-36-40-41-43/h3-5,7-8,10-17,20,22,25,29H,2,6,9,18-19,21H2,1H3,(H,37,45)(H,38,47)(H,39,44)/b17-10+/t25?,29-/m0/s1. The van der Waals surface area contributed by atoms with E-state index in [0.29, 0.717) is 60.2 Å². The third-order valence-corrected chi connectivity index (χ3v) is 7.88. The minimum Gasteiger partial charge on any atom is -0.466 e. The summed E-state index contributed by atoms with van der Waals surface area (Å²) in [6, 6.07) is 19.9. The lowest BCUT2D eigenvalue weighted by molar-refractivity contribution is -0.149. The van der Waals surface area contributed by atoms with Crippen molar-refractivity contribution in [2.75, 3.05) is 30.3 Å². The van der Waals surface area contributed by atoms with Gasteiger partial charge in [-0.3, -0.25) is 14.4 Å². The normalized spacial score (nSPS) is 15.0. The number of tetrazole rings is 1. The van der Waals surface area contributed by atoms with Crippen LogP contribution >= 0.6 is 11.6 Å². The van der Waals surface area contributed by atoms with Crippen LogP contribution in [0.3, 0.4) is 0 Å². The van der Waals surface area contributed by atoms with Crippen LogP contribution < -0.4 is 16.0 Å². The minimum absolute atomic E-state index is 0.246. The van der Waals surface area contributed by atoms with Gasteiger partial charge in [-0.2, -0.15) is 4.68 Å². The first-order valence-corrected chi connectivity index (χ1v) is 15.9. The number of nitrogens with zero attached hydrogens (tertiary/aromatic N) is 5. The van der Waals surface area contributed by atoms with E-state index in [1.54, 1.807) is 60.4 Å². The summed E-state index contributed by atoms with van der Waals surface area (Å²) < 4.78 is 6.58. The van der Waals surface area contributed by atoms with E-state index in [1.165, 1.54) is 17.1 Å². The molecule has 1 aliphatic heterocycles. The molecule has 0 radical (unpaired) electrons. The molecule has 1 unspecified atom stereocenters. The van der Waals surface area contributed by atoms with Crippen LogP contribution in [0.4, 0.5) is 16.2 Å². The lowest BCUT2D eigenvalue weighted by Gasteiger charge is -2.31. The average molecular weight is 671 g/mol. The lowest BCUT2D eigenvalue weighted by atomic mass is 9.98. The number of anilines is 2. The number of halogens is 1. The van der Waals surface area contributed by atoms with Crippen molar-refractivity contribution >= 4 is 52.9 Å². The number of piperidine rings is 1. The molecule has 3 aromatic carbocycles. The Morgan fingerprint density at radius 3 is 2.48 bits per heavy atom. The molecule has 14 heteroatoms. The Balaban J connectivity index is 1.22. The molecule has 3 N–H and O–H groups in total. The van der Waals surface area contributed by atoms with Crippen molar-refractivity contribution < 1.29 is 23.9 Å². The Kier molecular flexibility index (Phi) is 11.5. The van der Waals surface area contributed by atoms with Gasteiger partial charge in [0.25, 0.3) is 0 Å². The summed E-state index contributed by atoms with van der Waals surface area (Å²) in [5.74, 6) is -1.54. The molecule has 0 bridgehead atoms. The number of benzene rings is 3. The molecule has 1 saturated heterocycles. The smallest absolute Gasteiger partial charge is 0.321 e. The van der Waals surface area contributed by atoms with Crippen LogP contribution in [-0.4, -0.2) is 74.7 Å². The maximum Gasteiger partial charge on any atom is 0.321 e. The second-order valence-electron chi connectivity index (χ2n) is 11.1. The number of aromatic nitrogens is 4. The number of urea groups is 1. The van der Waals surface area contributed by atoms with Gasteiger partial charge in [-0.15, -0.1) is 5.10 Å². The molecule has 2 atom stereocenters. The molecule has 1 fully saturated rings. The van der Waals surface area contributed by atoms with Gasteiger partial charge in [-0.05, 0) is 84.3 Å². The highest BCUT2D eigenvalue weighted by molar-refractivity contribution is 6.30. The summed E-state index contributed by atoms with van der Waals surface area (Å²) in [5, 5.41) is 20.2. The van der Waals surface area contributed by atoms with Crippen molar-refractivity contribution in [1.82, 2.24) is 30.4 Å². The number of amides is 4. The Bertz CT molecular complexity index is 1750. The zero-order chi connectivity index (χ0) is 33.9. The molecule has 1 aliphatic rings. The predicted molar refractivity (Wildman–Crippen MR) is 180 cm³/mol. The van der Waals surface area contributed by atoms with Crippen molar-refractivity contribution in [2.45, 2.75) is 32.2 Å². The molecule has 2 heterocycles. The first kappa shape index (κ1) is 33.8. The molecule has 13 nitrogen and oxygen atoms in total. The van der Waals surface area contributed by atoms with Gasteiger partial charge in [0.1, 0.15) is 12.4 Å². The van der Waals surface area contributed by atoms with Gasteiger partial charge >= 0.3 is 12.0 Å². The highest BCUT2D eigenvalue weighted by Gasteiger charge is 2.29. The second kappa shape index (κ2) is 16.3. The van der Waals surface area contributed by atoms with Crippen LogP contribution in [-0.2, 0) is 25.5 Å². The van der Waals surface area contributed by atoms with Crippen molar-refractivity contribution in [1.29, 1.82) is 0 Å². The number of nitrogens with one attached hydrogen (secondary N) is 3. The third kappa shape index (κ3) is 9.26. The molecule has 1 aromatic heterocycles. The van der Waals surface area contributed by atoms with Crippen molar-refractivity contribution in [2.24, 2.45) is 5.92 Å². The van der Waals surface area contributed by atoms with Gasteiger partial charge in [-0.25, -0.2) is 4.79 Å². The van der Waals surface area contributed by atoms with Gasteiger partial charge in [0.15, 0.2) is 0 Å². The van der Waals surface area contributed by atoms with Crippen molar-refractivity contribution in [3.8, 4) is 5.69 Å². The van der Waals surface area contributed by atoms with Gasteiger partial charge < -0.3 is 25.6 Å². The van der Waals surface area contributed by atoms with Crippen molar-refractivity contribution in [3.05, 3.63) is 101 Å². The van der Waals surface area contributed by atoms with Crippen LogP contribution in [0.5, 0.6) is 0 Å². The first-order chi connectivity index (χ1) is 23.3. The molecular formula is C34H35ClN8O5. The van der Waals surface area contributed by atoms with E-state index < -0.39 is 17.9 Å². The number of carbonyl (C=O) groups is 4. The summed E-state index contributed by atoms with van der Waals surface area (Å²) in [4.78, 5) is 53.2. The fraction of sp³-hybridized carbons (Fsp3) is 0.265. The summed E-state index contributed by atoms with van der Waals surface area (Å²) in [5.41, 5.74) is 3.08. The van der Waals surface area contributed by atoms with E-state index in [0.717, 1.165) is 5.56 Å². The molecule has 0 aliphatic carbocycles. The number of likely N-dealkylation sites (tertiary alicyclic amines) is 1. The predicted octanol–water partition coefficient (Wildman–Crippen LogP) is 4.50. The van der Waals surface area contributed by atoms with E-state index in [2.05, 4.69) is 31.5 Å². The van der Waals surface area contributed by atoms with Gasteiger partial charge in [0.2, 0.25) is 11.8 Å². The van der Waals surface area contributed by atoms with E-state index in [1.807, 2.05) is 30.3 Å². The number of esters is 1. The molecule has 5 rings (SSSR count). The topological polar surface area (TPSA) is 160 Å². The molecule has 4 amide bonds. The molecular weight excluding hydrogens is 636 g/mol. The van der Waals surface area contributed by atoms with E-state index in [4.69, 9.17) is 16.3 Å². The minimum atomic E-state index is -0.909. The molecule has 4 aromatic rings. The molecule has 0 saturated carbocycles. The van der Waals surface area contributed by atoms with E-state index >= 15 is 0 Å². The number of ether oxygens (including phenoxy) is 1. The Morgan fingerprint density at radius 2 is 1.77 bits per heavy atom. The number of carbonyl (C=O) groups excluding carboxylic acids is 4. The van der Waals surface area contributed by atoms with E-state index in [-0.39, 0.29) is 24.3 Å². The lowest BCUT2D eigenvalue weighted by Crippen LogP contribution is -2.44. The first-order valence-electron chi connectivity index (χ1n) is 15.5. The summed E-state index contributed by atoms with van der Waals surface area (Å²) in [6.07, 6.45) is 5.96. The monoisotopic (exact) mass is 670 g/mol. The second-order valence-corrected chi connectivity index (χ2v) is 11.5. The molecule has 48 heavy (non-hydrogen) atoms. The third-order valence-electron chi connectivity index (χ3n) is 7.65. The Hall–Kier alpha value is -5.56. The van der Waals surface area contributed by atoms with Gasteiger partial charge in [-0.1, -0.05) is 41.9 Å². The highest BCUT2D eigenvalue weighted by atomic mass is 35.5.